The number of anilines is 1. The number of nitrogens with one attached hydrogen (secondary N) is 2. The Labute approximate surface area is 88.4 Å². The summed E-state index contributed by atoms with van der Waals surface area (Å²) in [4.78, 5) is 12.9. The Kier molecular flexibility index (Phi) is 3.68. The number of para-hydroxylation sites is 1. The molecule has 1 aromatic carbocycles. The van der Waals surface area contributed by atoms with E-state index in [-0.39, 0.29) is 18.4 Å². The van der Waals surface area contributed by atoms with Gasteiger partial charge in [-0.3, -0.25) is 5.41 Å². The molecule has 0 heterocycles. The van der Waals surface area contributed by atoms with Crippen molar-refractivity contribution in [2.75, 3.05) is 18.9 Å². The molecule has 0 saturated heterocycles. The maximum Gasteiger partial charge on any atom is 0.321 e. The van der Waals surface area contributed by atoms with Crippen molar-refractivity contribution in [3.63, 3.8) is 0 Å². The lowest BCUT2D eigenvalue weighted by atomic mass is 10.3. The maximum absolute atomic E-state index is 11.5. The first-order valence-corrected chi connectivity index (χ1v) is 4.49. The standard InChI is InChI=1S/C10H14N4O/c1-14(7-9(11)12)10(15)13-8-5-3-2-4-6-8/h2-6H,7H2,1H3,(H3,11,12)(H,13,15). The second-order valence-electron chi connectivity index (χ2n) is 3.18. The van der Waals surface area contributed by atoms with Crippen LogP contribution in [0.4, 0.5) is 10.5 Å². The van der Waals surface area contributed by atoms with Gasteiger partial charge in [0.15, 0.2) is 0 Å². The number of hydrogen-bond donors (Lipinski definition) is 3. The molecule has 0 atom stereocenters. The van der Waals surface area contributed by atoms with Gasteiger partial charge in [-0.05, 0) is 12.1 Å². The van der Waals surface area contributed by atoms with Gasteiger partial charge in [0.2, 0.25) is 0 Å². The van der Waals surface area contributed by atoms with E-state index >= 15 is 0 Å². The Hall–Kier alpha value is -2.04. The molecule has 2 amide bonds. The van der Waals surface area contributed by atoms with E-state index in [0.29, 0.717) is 0 Å². The smallest absolute Gasteiger partial charge is 0.321 e. The summed E-state index contributed by atoms with van der Waals surface area (Å²) < 4.78 is 0. The molecule has 5 heteroatoms. The van der Waals surface area contributed by atoms with Crippen molar-refractivity contribution in [1.29, 1.82) is 5.41 Å². The molecule has 1 aromatic rings. The molecule has 15 heavy (non-hydrogen) atoms. The van der Waals surface area contributed by atoms with Crippen molar-refractivity contribution in [2.45, 2.75) is 0 Å². The first kappa shape index (κ1) is 11.0. The Balaban J connectivity index is 2.52. The number of urea groups is 1. The van der Waals surface area contributed by atoms with Gasteiger partial charge in [0.1, 0.15) is 5.84 Å². The number of amidine groups is 1. The molecule has 0 spiro atoms. The number of nitrogens with two attached hydrogens (primary N) is 1. The summed E-state index contributed by atoms with van der Waals surface area (Å²) in [6, 6.07) is 8.84. The Morgan fingerprint density at radius 1 is 1.47 bits per heavy atom. The van der Waals surface area contributed by atoms with Crippen molar-refractivity contribution >= 4 is 17.6 Å². The molecule has 80 valence electrons. The van der Waals surface area contributed by atoms with Crippen LogP contribution in [0.5, 0.6) is 0 Å². The van der Waals surface area contributed by atoms with E-state index in [0.717, 1.165) is 5.69 Å². The lowest BCUT2D eigenvalue weighted by Gasteiger charge is -2.16. The average Bonchev–Trinajstić information content (AvgIpc) is 2.18. The lowest BCUT2D eigenvalue weighted by molar-refractivity contribution is 0.227. The van der Waals surface area contributed by atoms with Crippen molar-refractivity contribution in [3.05, 3.63) is 30.3 Å². The number of rotatable bonds is 3. The number of carbonyl (C=O) groups excluding carboxylic acids is 1. The third-order valence-corrected chi connectivity index (χ3v) is 1.78. The summed E-state index contributed by atoms with van der Waals surface area (Å²) in [5, 5.41) is 9.74. The fourth-order valence-corrected chi connectivity index (χ4v) is 1.07. The van der Waals surface area contributed by atoms with Crippen LogP contribution in [0.2, 0.25) is 0 Å². The minimum Gasteiger partial charge on any atom is -0.386 e. The highest BCUT2D eigenvalue weighted by Crippen LogP contribution is 2.05. The minimum absolute atomic E-state index is 0.0410. The van der Waals surface area contributed by atoms with Crippen LogP contribution in [0.15, 0.2) is 30.3 Å². The van der Waals surface area contributed by atoms with Crippen molar-refractivity contribution in [1.82, 2.24) is 4.90 Å². The van der Waals surface area contributed by atoms with Gasteiger partial charge in [-0.2, -0.15) is 0 Å². The number of carbonyl (C=O) groups is 1. The highest BCUT2D eigenvalue weighted by molar-refractivity contribution is 5.92. The predicted octanol–water partition coefficient (Wildman–Crippen LogP) is 1.09. The van der Waals surface area contributed by atoms with E-state index in [1.165, 1.54) is 4.90 Å². The van der Waals surface area contributed by atoms with Gasteiger partial charge in [0.25, 0.3) is 0 Å². The van der Waals surface area contributed by atoms with Crippen LogP contribution in [0, 0.1) is 5.41 Å². The second-order valence-corrected chi connectivity index (χ2v) is 3.18. The molecule has 1 rings (SSSR count). The molecular formula is C10H14N4O. The number of amides is 2. The van der Waals surface area contributed by atoms with E-state index in [2.05, 4.69) is 5.32 Å². The van der Waals surface area contributed by atoms with E-state index in [9.17, 15) is 4.79 Å². The summed E-state index contributed by atoms with van der Waals surface area (Å²) in [5.74, 6) is -0.0410. The van der Waals surface area contributed by atoms with Gasteiger partial charge in [-0.25, -0.2) is 4.79 Å². The van der Waals surface area contributed by atoms with Crippen LogP contribution >= 0.6 is 0 Å². The van der Waals surface area contributed by atoms with Crippen LogP contribution < -0.4 is 11.1 Å². The summed E-state index contributed by atoms with van der Waals surface area (Å²) in [5.41, 5.74) is 5.91. The third kappa shape index (κ3) is 3.68. The molecular weight excluding hydrogens is 192 g/mol. The Morgan fingerprint density at radius 2 is 2.07 bits per heavy atom. The largest absolute Gasteiger partial charge is 0.386 e. The fourth-order valence-electron chi connectivity index (χ4n) is 1.07. The molecule has 5 nitrogen and oxygen atoms in total. The van der Waals surface area contributed by atoms with Crippen molar-refractivity contribution < 1.29 is 4.79 Å². The molecule has 0 aliphatic heterocycles. The van der Waals surface area contributed by atoms with Crippen LogP contribution in [0.1, 0.15) is 0 Å². The highest BCUT2D eigenvalue weighted by atomic mass is 16.2. The van der Waals surface area contributed by atoms with E-state index in [4.69, 9.17) is 11.1 Å². The van der Waals surface area contributed by atoms with Crippen LogP contribution in [-0.4, -0.2) is 30.4 Å². The number of hydrogen-bond acceptors (Lipinski definition) is 2. The third-order valence-electron chi connectivity index (χ3n) is 1.78. The van der Waals surface area contributed by atoms with E-state index in [1.807, 2.05) is 18.2 Å². The van der Waals surface area contributed by atoms with Crippen LogP contribution in [0.3, 0.4) is 0 Å². The normalized spacial score (nSPS) is 9.40. The summed E-state index contributed by atoms with van der Waals surface area (Å²) in [6.45, 7) is 0.124. The van der Waals surface area contributed by atoms with E-state index < -0.39 is 0 Å². The maximum atomic E-state index is 11.5. The number of likely N-dealkylation sites (N-methyl/N-ethyl adjacent to an activating group) is 1. The first-order chi connectivity index (χ1) is 7.09. The van der Waals surface area contributed by atoms with Crippen LogP contribution in [0.25, 0.3) is 0 Å². The first-order valence-electron chi connectivity index (χ1n) is 4.49. The molecule has 0 aliphatic carbocycles. The molecule has 4 N–H and O–H groups in total. The van der Waals surface area contributed by atoms with Crippen LogP contribution in [-0.2, 0) is 0 Å². The summed E-state index contributed by atoms with van der Waals surface area (Å²) in [7, 11) is 1.58. The molecule has 0 radical (unpaired) electrons. The van der Waals surface area contributed by atoms with E-state index in [1.54, 1.807) is 19.2 Å². The molecule has 0 aromatic heterocycles. The summed E-state index contributed by atoms with van der Waals surface area (Å²) >= 11 is 0. The molecule has 0 saturated carbocycles. The van der Waals surface area contributed by atoms with Gasteiger partial charge in [-0.15, -0.1) is 0 Å². The SMILES string of the molecule is CN(CC(=N)N)C(=O)Nc1ccccc1. The lowest BCUT2D eigenvalue weighted by Crippen LogP contribution is -2.37. The zero-order chi connectivity index (χ0) is 11.3. The monoisotopic (exact) mass is 206 g/mol. The fraction of sp³-hybridized carbons (Fsp3) is 0.200. The average molecular weight is 206 g/mol. The Bertz CT molecular complexity index is 350. The van der Waals surface area contributed by atoms with Gasteiger partial charge in [0.05, 0.1) is 6.54 Å². The Morgan fingerprint density at radius 3 is 2.60 bits per heavy atom. The quantitative estimate of drug-likeness (QED) is 0.511. The van der Waals surface area contributed by atoms with Crippen molar-refractivity contribution in [2.24, 2.45) is 5.73 Å². The predicted molar refractivity (Wildman–Crippen MR) is 60.0 cm³/mol. The van der Waals surface area contributed by atoms with Gasteiger partial charge in [-0.1, -0.05) is 18.2 Å². The molecule has 0 bridgehead atoms. The zero-order valence-corrected chi connectivity index (χ0v) is 8.53. The van der Waals surface area contributed by atoms with Crippen molar-refractivity contribution in [3.8, 4) is 0 Å². The molecule has 0 aliphatic rings. The number of nitrogens with zero attached hydrogens (tertiary/aromatic N) is 1. The van der Waals surface area contributed by atoms with Gasteiger partial charge in [0, 0.05) is 12.7 Å². The molecule has 0 fully saturated rings. The highest BCUT2D eigenvalue weighted by Gasteiger charge is 2.08. The second kappa shape index (κ2) is 4.99. The van der Waals surface area contributed by atoms with Gasteiger partial charge >= 0.3 is 6.03 Å². The van der Waals surface area contributed by atoms with Gasteiger partial charge < -0.3 is 16.0 Å². The minimum atomic E-state index is -0.281. The zero-order valence-electron chi connectivity index (χ0n) is 8.53. The molecule has 0 unspecified atom stereocenters. The topological polar surface area (TPSA) is 82.2 Å². The summed E-state index contributed by atoms with van der Waals surface area (Å²) in [6.07, 6.45) is 0. The number of benzene rings is 1.